The lowest BCUT2D eigenvalue weighted by molar-refractivity contribution is -0.169. The molecule has 2 amide bonds. The van der Waals surface area contributed by atoms with E-state index in [0.717, 1.165) is 61.7 Å². The van der Waals surface area contributed by atoms with Crippen LogP contribution < -0.4 is 10.6 Å². The lowest BCUT2D eigenvalue weighted by Gasteiger charge is -2.70. The number of rotatable bonds is 6. The molecular formula is C41H52N2O4. The van der Waals surface area contributed by atoms with Crippen molar-refractivity contribution in [2.24, 2.45) is 33.0 Å². The van der Waals surface area contributed by atoms with Crippen molar-refractivity contribution >= 4 is 23.7 Å². The third-order valence-corrected chi connectivity index (χ3v) is 13.7. The summed E-state index contributed by atoms with van der Waals surface area (Å²) in [6.45, 7) is 16.3. The van der Waals surface area contributed by atoms with Crippen LogP contribution in [0.4, 0.5) is 0 Å². The first kappa shape index (κ1) is 33.2. The molecular weight excluding hydrogens is 584 g/mol. The first-order valence-corrected chi connectivity index (χ1v) is 17.5. The zero-order valence-corrected chi connectivity index (χ0v) is 29.3. The quantitative estimate of drug-likeness (QED) is 0.218. The maximum atomic E-state index is 13.9. The lowest BCUT2D eigenvalue weighted by Crippen LogP contribution is -2.62. The molecule has 3 N–H and O–H groups in total. The number of carbonyl (C=O) groups excluding carboxylic acids is 3. The summed E-state index contributed by atoms with van der Waals surface area (Å²) in [5, 5.41) is 16.6. The van der Waals surface area contributed by atoms with Gasteiger partial charge in [0.15, 0.2) is 5.76 Å². The molecule has 1 aromatic carbocycles. The van der Waals surface area contributed by atoms with Crippen LogP contribution in [0, 0.1) is 33.0 Å². The maximum absolute atomic E-state index is 13.9. The van der Waals surface area contributed by atoms with Crippen LogP contribution in [-0.4, -0.2) is 35.8 Å². The summed E-state index contributed by atoms with van der Waals surface area (Å²) in [7, 11) is 0. The maximum Gasteiger partial charge on any atom is 0.246 e. The van der Waals surface area contributed by atoms with Gasteiger partial charge in [-0.1, -0.05) is 82.7 Å². The monoisotopic (exact) mass is 636 g/mol. The van der Waals surface area contributed by atoms with Crippen LogP contribution in [0.3, 0.4) is 0 Å². The van der Waals surface area contributed by atoms with Gasteiger partial charge in [0, 0.05) is 35.1 Å². The van der Waals surface area contributed by atoms with Crippen molar-refractivity contribution in [3.63, 3.8) is 0 Å². The van der Waals surface area contributed by atoms with Crippen molar-refractivity contribution in [1.29, 1.82) is 0 Å². The smallest absolute Gasteiger partial charge is 0.246 e. The molecule has 3 saturated carbocycles. The number of fused-ring (bicyclic) bond motifs is 7. The summed E-state index contributed by atoms with van der Waals surface area (Å²) in [6, 6.07) is 9.78. The third-order valence-electron chi connectivity index (χ3n) is 13.7. The van der Waals surface area contributed by atoms with Crippen LogP contribution in [-0.2, 0) is 14.4 Å². The van der Waals surface area contributed by atoms with Gasteiger partial charge in [0.25, 0.3) is 0 Å². The van der Waals surface area contributed by atoms with Gasteiger partial charge in [-0.25, -0.2) is 0 Å². The molecule has 0 saturated heterocycles. The number of aliphatic hydroxyl groups is 1. The van der Waals surface area contributed by atoms with E-state index in [1.807, 2.05) is 43.3 Å². The number of hydrogen-bond donors (Lipinski definition) is 3. The highest BCUT2D eigenvalue weighted by atomic mass is 16.3. The highest BCUT2D eigenvalue weighted by Gasteiger charge is 2.67. The molecule has 1 aromatic rings. The normalized spacial score (nSPS) is 36.5. The van der Waals surface area contributed by atoms with E-state index in [1.54, 1.807) is 13.0 Å². The minimum Gasteiger partial charge on any atom is -0.504 e. The predicted molar refractivity (Wildman–Crippen MR) is 187 cm³/mol. The average Bonchev–Trinajstić information content (AvgIpc) is 3.04. The average molecular weight is 637 g/mol. The van der Waals surface area contributed by atoms with Gasteiger partial charge in [-0.15, -0.1) is 0 Å². The Morgan fingerprint density at radius 2 is 1.60 bits per heavy atom. The van der Waals surface area contributed by atoms with E-state index in [4.69, 9.17) is 0 Å². The van der Waals surface area contributed by atoms with E-state index >= 15 is 0 Å². The van der Waals surface area contributed by atoms with Gasteiger partial charge < -0.3 is 15.7 Å². The van der Waals surface area contributed by atoms with Gasteiger partial charge >= 0.3 is 0 Å². The largest absolute Gasteiger partial charge is 0.504 e. The minimum absolute atomic E-state index is 0.0124. The topological polar surface area (TPSA) is 95.5 Å². The molecule has 6 rings (SSSR count). The molecule has 47 heavy (non-hydrogen) atoms. The van der Waals surface area contributed by atoms with Crippen molar-refractivity contribution in [2.45, 2.75) is 93.4 Å². The summed E-state index contributed by atoms with van der Waals surface area (Å²) >= 11 is 0. The fourth-order valence-corrected chi connectivity index (χ4v) is 10.2. The van der Waals surface area contributed by atoms with Crippen molar-refractivity contribution < 1.29 is 19.5 Å². The Kier molecular flexibility index (Phi) is 8.13. The molecule has 0 unspecified atom stereocenters. The van der Waals surface area contributed by atoms with Crippen molar-refractivity contribution in [3.8, 4) is 0 Å². The number of nitrogens with one attached hydrogen (secondary N) is 2. The fourth-order valence-electron chi connectivity index (χ4n) is 10.2. The summed E-state index contributed by atoms with van der Waals surface area (Å²) in [6.07, 6.45) is 14.9. The number of benzene rings is 1. The molecule has 0 aliphatic heterocycles. The van der Waals surface area contributed by atoms with Crippen LogP contribution >= 0.6 is 0 Å². The predicted octanol–water partition coefficient (Wildman–Crippen LogP) is 7.95. The molecule has 250 valence electrons. The molecule has 0 heterocycles. The fraction of sp³-hybridized carbons (Fsp3) is 0.537. The van der Waals surface area contributed by atoms with Crippen LogP contribution in [0.5, 0.6) is 0 Å². The number of hydrogen-bond acceptors (Lipinski definition) is 4. The summed E-state index contributed by atoms with van der Waals surface area (Å²) in [5.74, 6) is -0.111. The Labute approximate surface area is 280 Å². The number of carbonyl (C=O) groups is 3. The highest BCUT2D eigenvalue weighted by molar-refractivity contribution is 6.06. The standard InChI is InChI=1S/C41H52N2O4/c1-26(23-28-11-9-8-10-12-28)35(46)42-21-22-43-36(47)38(4)16-15-37(3)17-19-40(6)32-14-13-29-27(2)34(45)31(44)24-30(29)39(32,5)18-20-41(40,7)33(37)25-38/h8-14,23-24,33,45H,15-22,25H2,1-7H3,(H,42,46)(H,43,47)/b26-23+/t33-,37-,38-,39+,40-,41+/m1/s1. The molecule has 5 aliphatic carbocycles. The Morgan fingerprint density at radius 1 is 0.915 bits per heavy atom. The zero-order chi connectivity index (χ0) is 34.0. The Morgan fingerprint density at radius 3 is 2.32 bits per heavy atom. The van der Waals surface area contributed by atoms with Gasteiger partial charge in [0.1, 0.15) is 0 Å². The second-order valence-corrected chi connectivity index (χ2v) is 16.4. The first-order valence-electron chi connectivity index (χ1n) is 17.5. The van der Waals surface area contributed by atoms with Crippen LogP contribution in [0.2, 0.25) is 0 Å². The van der Waals surface area contributed by atoms with Crippen molar-refractivity contribution in [3.05, 3.63) is 87.7 Å². The molecule has 6 nitrogen and oxygen atoms in total. The van der Waals surface area contributed by atoms with Gasteiger partial charge in [-0.2, -0.15) is 0 Å². The molecule has 0 spiro atoms. The Balaban J connectivity index is 1.18. The van der Waals surface area contributed by atoms with Crippen molar-refractivity contribution in [2.75, 3.05) is 13.1 Å². The van der Waals surface area contributed by atoms with Crippen molar-refractivity contribution in [1.82, 2.24) is 10.6 Å². The molecule has 3 fully saturated rings. The number of aliphatic hydroxyl groups excluding tert-OH is 1. The van der Waals surface area contributed by atoms with E-state index in [9.17, 15) is 19.5 Å². The van der Waals surface area contributed by atoms with E-state index in [0.29, 0.717) is 30.2 Å². The number of ketones is 1. The van der Waals surface area contributed by atoms with E-state index in [-0.39, 0.29) is 45.0 Å². The van der Waals surface area contributed by atoms with E-state index < -0.39 is 5.41 Å². The minimum atomic E-state index is -0.481. The second kappa shape index (κ2) is 11.5. The summed E-state index contributed by atoms with van der Waals surface area (Å²) in [4.78, 5) is 39.3. The van der Waals surface area contributed by atoms with Gasteiger partial charge in [-0.3, -0.25) is 14.4 Å². The number of amides is 2. The van der Waals surface area contributed by atoms with Gasteiger partial charge in [0.2, 0.25) is 17.6 Å². The molecule has 0 aromatic heterocycles. The third kappa shape index (κ3) is 5.18. The van der Waals surface area contributed by atoms with Crippen LogP contribution in [0.25, 0.3) is 6.08 Å². The Hall–Kier alpha value is -3.67. The Bertz CT molecular complexity index is 1680. The van der Waals surface area contributed by atoms with E-state index in [1.165, 1.54) is 5.57 Å². The zero-order valence-electron chi connectivity index (χ0n) is 29.3. The van der Waals surface area contributed by atoms with Crippen LogP contribution in [0.1, 0.15) is 99.0 Å². The molecule has 6 heteroatoms. The lowest BCUT2D eigenvalue weighted by atomic mass is 9.34. The number of allylic oxidation sites excluding steroid dienone is 7. The molecule has 5 aliphatic rings. The van der Waals surface area contributed by atoms with Crippen LogP contribution in [0.15, 0.2) is 82.2 Å². The first-order chi connectivity index (χ1) is 22.1. The van der Waals surface area contributed by atoms with E-state index in [2.05, 4.69) is 57.4 Å². The summed E-state index contributed by atoms with van der Waals surface area (Å²) in [5.41, 5.74) is 5.05. The van der Waals surface area contributed by atoms with Gasteiger partial charge in [0.05, 0.1) is 0 Å². The molecule has 0 radical (unpaired) electrons. The second-order valence-electron chi connectivity index (χ2n) is 16.4. The van der Waals surface area contributed by atoms with Gasteiger partial charge in [-0.05, 0) is 110 Å². The molecule has 6 atom stereocenters. The summed E-state index contributed by atoms with van der Waals surface area (Å²) < 4.78 is 0. The SMILES string of the molecule is CC1=C(O)C(=O)C=C2C1=CC=C1[C@@]2(C)CC[C@@]2(C)[C@@H]3C[C@](C)(C(=O)NCCNC(=O)/C(C)=C/c4ccccc4)CC[C@]3(C)CC[C@]12C. The molecule has 0 bridgehead atoms. The highest BCUT2D eigenvalue weighted by Crippen LogP contribution is 2.75.